The molecule has 0 radical (unpaired) electrons. The summed E-state index contributed by atoms with van der Waals surface area (Å²) < 4.78 is 3.05. The van der Waals surface area contributed by atoms with E-state index in [2.05, 4.69) is 41.4 Å². The molecule has 0 unspecified atom stereocenters. The van der Waals surface area contributed by atoms with E-state index >= 15 is 0 Å². The van der Waals surface area contributed by atoms with Gasteiger partial charge in [-0.2, -0.15) is 10.1 Å². The highest BCUT2D eigenvalue weighted by atomic mass is 35.5. The summed E-state index contributed by atoms with van der Waals surface area (Å²) in [6, 6.07) is 15.6. The number of benzene rings is 2. The second kappa shape index (κ2) is 8.56. The van der Waals surface area contributed by atoms with Gasteiger partial charge in [0.05, 0.1) is 26.7 Å². The Labute approximate surface area is 195 Å². The first-order chi connectivity index (χ1) is 15.5. The van der Waals surface area contributed by atoms with Gasteiger partial charge in [0.2, 0.25) is 0 Å². The summed E-state index contributed by atoms with van der Waals surface area (Å²) in [6.45, 7) is 5.81. The number of anilines is 1. The van der Waals surface area contributed by atoms with E-state index in [1.807, 2.05) is 23.7 Å². The minimum absolute atomic E-state index is 0.108. The lowest BCUT2D eigenvalue weighted by Gasteiger charge is -2.32. The van der Waals surface area contributed by atoms with Crippen LogP contribution in [-0.2, 0) is 0 Å². The minimum Gasteiger partial charge on any atom is -0.349 e. The number of carbonyl (C=O) groups excluding carboxylic acids is 1. The van der Waals surface area contributed by atoms with E-state index in [-0.39, 0.29) is 11.9 Å². The Bertz CT molecular complexity index is 1270. The number of amides is 1. The number of thiazole rings is 1. The Morgan fingerprint density at radius 1 is 1.09 bits per heavy atom. The molecule has 164 valence electrons. The standard InChI is InChI=1S/C24H24ClN5OS/c1-15-7-9-18(10-8-15)30-22-21(16(2)28-30)32-24(27-22)29-13-11-17(12-14-29)26-23(31)19-5-3-4-6-20(19)25/h3-10,17H,11-14H2,1-2H3,(H,26,31). The maximum Gasteiger partial charge on any atom is 0.253 e. The number of piperidine rings is 1. The Kier molecular flexibility index (Phi) is 5.61. The number of fused-ring (bicyclic) bond motifs is 1. The van der Waals surface area contributed by atoms with Crippen LogP contribution >= 0.6 is 22.9 Å². The van der Waals surface area contributed by atoms with E-state index in [0.717, 1.165) is 52.8 Å². The average Bonchev–Trinajstić information content (AvgIpc) is 3.36. The van der Waals surface area contributed by atoms with Crippen LogP contribution < -0.4 is 10.2 Å². The van der Waals surface area contributed by atoms with Crippen molar-refractivity contribution in [2.45, 2.75) is 32.7 Å². The normalized spacial score (nSPS) is 14.8. The molecule has 0 aliphatic carbocycles. The predicted molar refractivity (Wildman–Crippen MR) is 130 cm³/mol. The number of nitrogens with one attached hydrogen (secondary N) is 1. The third-order valence-corrected chi connectivity index (χ3v) is 7.42. The minimum atomic E-state index is -0.108. The Morgan fingerprint density at radius 3 is 2.53 bits per heavy atom. The number of nitrogens with zero attached hydrogens (tertiary/aromatic N) is 4. The predicted octanol–water partition coefficient (Wildman–Crippen LogP) is 5.15. The molecule has 1 N–H and O–H groups in total. The first kappa shape index (κ1) is 21.0. The summed E-state index contributed by atoms with van der Waals surface area (Å²) in [5.74, 6) is -0.108. The molecule has 8 heteroatoms. The summed E-state index contributed by atoms with van der Waals surface area (Å²) in [5.41, 5.74) is 4.66. The third kappa shape index (κ3) is 3.98. The van der Waals surface area contributed by atoms with Crippen molar-refractivity contribution in [1.82, 2.24) is 20.1 Å². The van der Waals surface area contributed by atoms with Crippen LogP contribution in [0.3, 0.4) is 0 Å². The maximum atomic E-state index is 12.6. The van der Waals surface area contributed by atoms with Gasteiger partial charge in [0, 0.05) is 19.1 Å². The second-order valence-corrected chi connectivity index (χ2v) is 9.58. The Hall–Kier alpha value is -2.90. The van der Waals surface area contributed by atoms with E-state index < -0.39 is 0 Å². The molecule has 0 bridgehead atoms. The van der Waals surface area contributed by atoms with Gasteiger partial charge in [0.15, 0.2) is 10.8 Å². The van der Waals surface area contributed by atoms with Crippen molar-refractivity contribution < 1.29 is 4.79 Å². The highest BCUT2D eigenvalue weighted by Gasteiger charge is 2.25. The smallest absolute Gasteiger partial charge is 0.253 e. The van der Waals surface area contributed by atoms with Crippen molar-refractivity contribution in [1.29, 1.82) is 0 Å². The number of hydrogen-bond donors (Lipinski definition) is 1. The van der Waals surface area contributed by atoms with Crippen LogP contribution in [0.15, 0.2) is 48.5 Å². The van der Waals surface area contributed by atoms with Gasteiger partial charge in [-0.1, -0.05) is 52.8 Å². The molecule has 2 aromatic carbocycles. The van der Waals surface area contributed by atoms with Crippen molar-refractivity contribution in [3.8, 4) is 5.69 Å². The topological polar surface area (TPSA) is 63.1 Å². The number of halogens is 1. The lowest BCUT2D eigenvalue weighted by molar-refractivity contribution is 0.0931. The van der Waals surface area contributed by atoms with Gasteiger partial charge in [-0.15, -0.1) is 0 Å². The molecule has 2 aromatic heterocycles. The number of aryl methyl sites for hydroxylation is 2. The summed E-state index contributed by atoms with van der Waals surface area (Å²) in [5, 5.41) is 9.33. The molecular weight excluding hydrogens is 442 g/mol. The van der Waals surface area contributed by atoms with Gasteiger partial charge in [0.1, 0.15) is 0 Å². The second-order valence-electron chi connectivity index (χ2n) is 8.20. The molecule has 3 heterocycles. The van der Waals surface area contributed by atoms with E-state index in [1.165, 1.54) is 5.56 Å². The molecule has 32 heavy (non-hydrogen) atoms. The monoisotopic (exact) mass is 465 g/mol. The van der Waals surface area contributed by atoms with Crippen LogP contribution in [0.1, 0.15) is 34.5 Å². The van der Waals surface area contributed by atoms with Gasteiger partial charge in [-0.3, -0.25) is 4.79 Å². The van der Waals surface area contributed by atoms with E-state index in [4.69, 9.17) is 21.7 Å². The van der Waals surface area contributed by atoms with E-state index in [1.54, 1.807) is 23.5 Å². The molecule has 0 saturated carbocycles. The number of rotatable bonds is 4. The molecular formula is C24H24ClN5OS. The van der Waals surface area contributed by atoms with Gasteiger partial charge >= 0.3 is 0 Å². The van der Waals surface area contributed by atoms with Crippen molar-refractivity contribution in [2.24, 2.45) is 0 Å². The van der Waals surface area contributed by atoms with E-state index in [0.29, 0.717) is 10.6 Å². The van der Waals surface area contributed by atoms with Crippen molar-refractivity contribution >= 4 is 44.3 Å². The van der Waals surface area contributed by atoms with Gasteiger partial charge < -0.3 is 10.2 Å². The zero-order valence-electron chi connectivity index (χ0n) is 18.0. The molecule has 4 aromatic rings. The largest absolute Gasteiger partial charge is 0.349 e. The molecule has 5 rings (SSSR count). The van der Waals surface area contributed by atoms with Gasteiger partial charge in [0.25, 0.3) is 5.91 Å². The highest BCUT2D eigenvalue weighted by Crippen LogP contribution is 2.33. The third-order valence-electron chi connectivity index (χ3n) is 5.87. The number of carbonyl (C=O) groups is 1. The Balaban J connectivity index is 1.29. The summed E-state index contributed by atoms with van der Waals surface area (Å²) in [4.78, 5) is 19.8. The van der Waals surface area contributed by atoms with Crippen molar-refractivity contribution in [3.63, 3.8) is 0 Å². The van der Waals surface area contributed by atoms with Crippen LogP contribution in [0.5, 0.6) is 0 Å². The van der Waals surface area contributed by atoms with E-state index in [9.17, 15) is 4.79 Å². The number of hydrogen-bond acceptors (Lipinski definition) is 5. The molecule has 0 atom stereocenters. The average molecular weight is 466 g/mol. The lowest BCUT2D eigenvalue weighted by atomic mass is 10.0. The van der Waals surface area contributed by atoms with Crippen LogP contribution in [0.25, 0.3) is 16.0 Å². The molecule has 0 spiro atoms. The fourth-order valence-electron chi connectivity index (χ4n) is 4.05. The summed E-state index contributed by atoms with van der Waals surface area (Å²) in [7, 11) is 0. The van der Waals surface area contributed by atoms with Crippen LogP contribution in [0.2, 0.25) is 5.02 Å². The Morgan fingerprint density at radius 2 is 1.81 bits per heavy atom. The van der Waals surface area contributed by atoms with Gasteiger partial charge in [-0.25, -0.2) is 4.68 Å². The molecule has 1 saturated heterocycles. The summed E-state index contributed by atoms with van der Waals surface area (Å²) in [6.07, 6.45) is 1.74. The molecule has 1 aliphatic rings. The molecule has 1 fully saturated rings. The van der Waals surface area contributed by atoms with Crippen LogP contribution in [-0.4, -0.2) is 39.8 Å². The first-order valence-corrected chi connectivity index (χ1v) is 11.9. The highest BCUT2D eigenvalue weighted by molar-refractivity contribution is 7.22. The van der Waals surface area contributed by atoms with Crippen LogP contribution in [0, 0.1) is 13.8 Å². The zero-order chi connectivity index (χ0) is 22.2. The SMILES string of the molecule is Cc1ccc(-n2nc(C)c3sc(N4CCC(NC(=O)c5ccccc5Cl)CC4)nc32)cc1. The zero-order valence-corrected chi connectivity index (χ0v) is 19.6. The molecule has 1 amide bonds. The lowest BCUT2D eigenvalue weighted by Crippen LogP contribution is -2.44. The quantitative estimate of drug-likeness (QED) is 0.452. The van der Waals surface area contributed by atoms with Crippen molar-refractivity contribution in [3.05, 3.63) is 70.4 Å². The molecule has 1 aliphatic heterocycles. The fraction of sp³-hybridized carbons (Fsp3) is 0.292. The summed E-state index contributed by atoms with van der Waals surface area (Å²) >= 11 is 7.85. The van der Waals surface area contributed by atoms with Crippen LogP contribution in [0.4, 0.5) is 5.13 Å². The molecule has 6 nitrogen and oxygen atoms in total. The maximum absolute atomic E-state index is 12.6. The van der Waals surface area contributed by atoms with Crippen molar-refractivity contribution in [2.75, 3.05) is 18.0 Å². The number of aromatic nitrogens is 3. The fourth-order valence-corrected chi connectivity index (χ4v) is 5.31. The van der Waals surface area contributed by atoms with Gasteiger partial charge in [-0.05, 0) is 51.0 Å². The first-order valence-electron chi connectivity index (χ1n) is 10.7.